The van der Waals surface area contributed by atoms with E-state index in [4.69, 9.17) is 0 Å². The lowest BCUT2D eigenvalue weighted by atomic mass is 10.1. The molecule has 0 saturated heterocycles. The summed E-state index contributed by atoms with van der Waals surface area (Å²) < 4.78 is 4.61. The van der Waals surface area contributed by atoms with Gasteiger partial charge in [-0.25, -0.2) is 0 Å². The molecular formula is C7H10N2O2. The van der Waals surface area contributed by atoms with Gasteiger partial charge in [-0.1, -0.05) is 19.0 Å². The zero-order chi connectivity index (χ0) is 8.27. The summed E-state index contributed by atoms with van der Waals surface area (Å²) in [5.74, 6) is 0.919. The Morgan fingerprint density at radius 3 is 2.91 bits per heavy atom. The number of carbonyl (C=O) groups excluding carboxylic acids is 1. The van der Waals surface area contributed by atoms with Crippen LogP contribution in [-0.2, 0) is 0 Å². The Morgan fingerprint density at radius 1 is 1.73 bits per heavy atom. The molecular weight excluding hydrogens is 144 g/mol. The average molecular weight is 154 g/mol. The monoisotopic (exact) mass is 154 g/mol. The van der Waals surface area contributed by atoms with Gasteiger partial charge >= 0.3 is 0 Å². The van der Waals surface area contributed by atoms with Crippen LogP contribution in [0.3, 0.4) is 0 Å². The van der Waals surface area contributed by atoms with Gasteiger partial charge in [0.05, 0.1) is 0 Å². The molecule has 0 radical (unpaired) electrons. The van der Waals surface area contributed by atoms with Crippen molar-refractivity contribution in [2.45, 2.75) is 26.2 Å². The van der Waals surface area contributed by atoms with E-state index in [1.165, 1.54) is 0 Å². The quantitative estimate of drug-likeness (QED) is 0.617. The molecule has 0 aliphatic heterocycles. The van der Waals surface area contributed by atoms with Crippen LogP contribution in [0.2, 0.25) is 0 Å². The normalized spacial score (nSPS) is 12.9. The fourth-order valence-electron chi connectivity index (χ4n) is 0.678. The Hall–Kier alpha value is -1.19. The standard InChI is InChI=1S/C7H10N2O2/c1-3-5(2)7-8-6(4-10)11-9-7/h4-5H,3H2,1-2H3. The minimum absolute atomic E-state index is 0.0558. The predicted molar refractivity (Wildman–Crippen MR) is 38.4 cm³/mol. The first-order valence-electron chi connectivity index (χ1n) is 3.56. The summed E-state index contributed by atoms with van der Waals surface area (Å²) in [6.45, 7) is 4.01. The second kappa shape index (κ2) is 3.27. The third-order valence-electron chi connectivity index (χ3n) is 1.61. The molecule has 0 saturated carbocycles. The molecule has 0 amide bonds. The van der Waals surface area contributed by atoms with Crippen LogP contribution < -0.4 is 0 Å². The second-order valence-corrected chi connectivity index (χ2v) is 2.42. The van der Waals surface area contributed by atoms with Crippen molar-refractivity contribution in [3.63, 3.8) is 0 Å². The average Bonchev–Trinajstić information content (AvgIpc) is 2.50. The van der Waals surface area contributed by atoms with Crippen LogP contribution in [0.4, 0.5) is 0 Å². The van der Waals surface area contributed by atoms with Crippen LogP contribution in [-0.4, -0.2) is 16.4 Å². The molecule has 0 bridgehead atoms. The minimum atomic E-state index is 0.0558. The summed E-state index contributed by atoms with van der Waals surface area (Å²) in [7, 11) is 0. The molecule has 1 unspecified atom stereocenters. The van der Waals surface area contributed by atoms with Crippen LogP contribution in [0.15, 0.2) is 4.52 Å². The summed E-state index contributed by atoms with van der Waals surface area (Å²) in [5.41, 5.74) is 0. The summed E-state index contributed by atoms with van der Waals surface area (Å²) >= 11 is 0. The molecule has 1 rings (SSSR count). The first-order chi connectivity index (χ1) is 5.27. The number of hydrogen-bond acceptors (Lipinski definition) is 4. The number of rotatable bonds is 3. The maximum Gasteiger partial charge on any atom is 0.290 e. The molecule has 11 heavy (non-hydrogen) atoms. The van der Waals surface area contributed by atoms with Crippen molar-refractivity contribution in [1.29, 1.82) is 0 Å². The van der Waals surface area contributed by atoms with Gasteiger partial charge in [-0.15, -0.1) is 0 Å². The maximum absolute atomic E-state index is 10.1. The van der Waals surface area contributed by atoms with Crippen molar-refractivity contribution in [2.75, 3.05) is 0 Å². The first kappa shape index (κ1) is 7.91. The Balaban J connectivity index is 2.79. The molecule has 0 spiro atoms. The number of carbonyl (C=O) groups is 1. The van der Waals surface area contributed by atoms with Crippen molar-refractivity contribution in [3.05, 3.63) is 11.7 Å². The zero-order valence-electron chi connectivity index (χ0n) is 6.57. The lowest BCUT2D eigenvalue weighted by molar-refractivity contribution is 0.108. The van der Waals surface area contributed by atoms with Gasteiger partial charge in [0, 0.05) is 5.92 Å². The Labute approximate surface area is 64.6 Å². The van der Waals surface area contributed by atoms with E-state index in [-0.39, 0.29) is 11.8 Å². The van der Waals surface area contributed by atoms with E-state index in [0.717, 1.165) is 6.42 Å². The number of nitrogens with zero attached hydrogens (tertiary/aromatic N) is 2. The maximum atomic E-state index is 10.1. The van der Waals surface area contributed by atoms with Gasteiger partial charge in [0.15, 0.2) is 5.82 Å². The molecule has 0 aromatic carbocycles. The van der Waals surface area contributed by atoms with Crippen LogP contribution in [0.25, 0.3) is 0 Å². The molecule has 1 aromatic heterocycles. The summed E-state index contributed by atoms with van der Waals surface area (Å²) in [5, 5.41) is 3.64. The molecule has 1 atom stereocenters. The molecule has 60 valence electrons. The van der Waals surface area contributed by atoms with Crippen LogP contribution in [0.5, 0.6) is 0 Å². The van der Waals surface area contributed by atoms with Gasteiger partial charge in [0.1, 0.15) is 0 Å². The fraction of sp³-hybridized carbons (Fsp3) is 0.571. The fourth-order valence-corrected chi connectivity index (χ4v) is 0.678. The van der Waals surface area contributed by atoms with Crippen LogP contribution in [0, 0.1) is 0 Å². The van der Waals surface area contributed by atoms with Crippen LogP contribution >= 0.6 is 0 Å². The van der Waals surface area contributed by atoms with Gasteiger partial charge in [0.25, 0.3) is 5.89 Å². The number of hydrogen-bond donors (Lipinski definition) is 0. The molecule has 0 N–H and O–H groups in total. The highest BCUT2D eigenvalue weighted by atomic mass is 16.5. The van der Waals surface area contributed by atoms with E-state index in [9.17, 15) is 4.79 Å². The molecule has 4 nitrogen and oxygen atoms in total. The van der Waals surface area contributed by atoms with Crippen molar-refractivity contribution < 1.29 is 9.32 Å². The largest absolute Gasteiger partial charge is 0.331 e. The van der Waals surface area contributed by atoms with Crippen molar-refractivity contribution in [3.8, 4) is 0 Å². The van der Waals surface area contributed by atoms with Gasteiger partial charge in [-0.2, -0.15) is 4.98 Å². The summed E-state index contributed by atoms with van der Waals surface area (Å²) in [6.07, 6.45) is 1.50. The van der Waals surface area contributed by atoms with Crippen molar-refractivity contribution >= 4 is 6.29 Å². The predicted octanol–water partition coefficient (Wildman–Crippen LogP) is 1.40. The highest BCUT2D eigenvalue weighted by Crippen LogP contribution is 2.13. The summed E-state index contributed by atoms with van der Waals surface area (Å²) in [6, 6.07) is 0. The number of aldehydes is 1. The third-order valence-corrected chi connectivity index (χ3v) is 1.61. The smallest absolute Gasteiger partial charge is 0.290 e. The Bertz CT molecular complexity index is 244. The minimum Gasteiger partial charge on any atom is -0.331 e. The van der Waals surface area contributed by atoms with Gasteiger partial charge < -0.3 is 4.52 Å². The van der Waals surface area contributed by atoms with E-state index in [2.05, 4.69) is 14.7 Å². The van der Waals surface area contributed by atoms with E-state index >= 15 is 0 Å². The van der Waals surface area contributed by atoms with E-state index in [1.54, 1.807) is 0 Å². The van der Waals surface area contributed by atoms with Gasteiger partial charge in [-0.3, -0.25) is 4.79 Å². The van der Waals surface area contributed by atoms with E-state index in [1.807, 2.05) is 13.8 Å². The SMILES string of the molecule is CCC(C)c1noc(C=O)n1. The second-order valence-electron chi connectivity index (χ2n) is 2.42. The molecule has 1 aromatic rings. The molecule has 1 heterocycles. The van der Waals surface area contributed by atoms with E-state index in [0.29, 0.717) is 12.1 Å². The lowest BCUT2D eigenvalue weighted by Crippen LogP contribution is -1.93. The van der Waals surface area contributed by atoms with Crippen LogP contribution in [0.1, 0.15) is 42.7 Å². The molecule has 0 fully saturated rings. The third kappa shape index (κ3) is 1.63. The molecule has 0 aliphatic carbocycles. The van der Waals surface area contributed by atoms with Gasteiger partial charge in [-0.05, 0) is 6.42 Å². The number of aromatic nitrogens is 2. The first-order valence-corrected chi connectivity index (χ1v) is 3.56. The highest BCUT2D eigenvalue weighted by Gasteiger charge is 2.10. The van der Waals surface area contributed by atoms with Crippen molar-refractivity contribution in [2.24, 2.45) is 0 Å². The lowest BCUT2D eigenvalue weighted by Gasteiger charge is -1.98. The highest BCUT2D eigenvalue weighted by molar-refractivity contribution is 5.66. The Kier molecular flexibility index (Phi) is 2.36. The molecule has 0 aliphatic rings. The van der Waals surface area contributed by atoms with Gasteiger partial charge in [0.2, 0.25) is 6.29 Å². The zero-order valence-corrected chi connectivity index (χ0v) is 6.57. The topological polar surface area (TPSA) is 56.0 Å². The van der Waals surface area contributed by atoms with E-state index < -0.39 is 0 Å². The van der Waals surface area contributed by atoms with Crippen molar-refractivity contribution in [1.82, 2.24) is 10.1 Å². The Morgan fingerprint density at radius 2 is 2.45 bits per heavy atom. The molecule has 4 heteroatoms. The summed E-state index contributed by atoms with van der Waals surface area (Å²) in [4.78, 5) is 14.0.